The van der Waals surface area contributed by atoms with Crippen molar-refractivity contribution in [1.29, 1.82) is 0 Å². The Morgan fingerprint density at radius 1 is 1.22 bits per heavy atom. The minimum Gasteiger partial charge on any atom is -0.378 e. The van der Waals surface area contributed by atoms with Gasteiger partial charge in [-0.15, -0.1) is 12.4 Å². The summed E-state index contributed by atoms with van der Waals surface area (Å²) in [6.07, 6.45) is 3.16. The van der Waals surface area contributed by atoms with Crippen LogP contribution >= 0.6 is 12.4 Å². The number of aromatic nitrogens is 1. The fourth-order valence-corrected chi connectivity index (χ4v) is 4.07. The van der Waals surface area contributed by atoms with E-state index in [2.05, 4.69) is 33.8 Å². The number of anilines is 1. The number of non-ortho nitro benzene ring substituents is 1. The zero-order chi connectivity index (χ0) is 22.1. The van der Waals surface area contributed by atoms with E-state index in [4.69, 9.17) is 0 Å². The molecule has 0 spiro atoms. The van der Waals surface area contributed by atoms with Crippen molar-refractivity contribution in [2.24, 2.45) is 0 Å². The Bertz CT molecular complexity index is 1210. The molecule has 32 heavy (non-hydrogen) atoms. The number of fused-ring (bicyclic) bond motifs is 1. The van der Waals surface area contributed by atoms with Crippen LogP contribution in [0.25, 0.3) is 16.5 Å². The second-order valence-electron chi connectivity index (χ2n) is 8.02. The third-order valence-electron chi connectivity index (χ3n) is 5.69. The standard InChI is InChI=1S/C24H25FN4O2.ClH/c1-14-10-19(29(30)31)13-20(24(14)25)16(3)28-23-11-15(2)27-22-5-4-18(12-21(22)23)17-6-8-26-9-7-17;/h4-6,10-13,16,26H,7-9H2,1-3H3,(H,27,28);1H. The lowest BCUT2D eigenvalue weighted by Gasteiger charge is -2.20. The van der Waals surface area contributed by atoms with Crippen LogP contribution in [0.4, 0.5) is 15.8 Å². The van der Waals surface area contributed by atoms with Gasteiger partial charge in [0.25, 0.3) is 5.69 Å². The average molecular weight is 457 g/mol. The van der Waals surface area contributed by atoms with E-state index in [1.54, 1.807) is 6.92 Å². The predicted octanol–water partition coefficient (Wildman–Crippen LogP) is 5.87. The van der Waals surface area contributed by atoms with Gasteiger partial charge in [-0.1, -0.05) is 12.1 Å². The normalized spacial score (nSPS) is 14.4. The number of halogens is 2. The van der Waals surface area contributed by atoms with Crippen LogP contribution in [0.2, 0.25) is 0 Å². The highest BCUT2D eigenvalue weighted by Gasteiger charge is 2.20. The van der Waals surface area contributed by atoms with Gasteiger partial charge in [-0.25, -0.2) is 4.39 Å². The highest BCUT2D eigenvalue weighted by atomic mass is 35.5. The summed E-state index contributed by atoms with van der Waals surface area (Å²) in [6.45, 7) is 7.07. The van der Waals surface area contributed by atoms with Gasteiger partial charge in [-0.2, -0.15) is 0 Å². The Hall–Kier alpha value is -3.03. The Kier molecular flexibility index (Phi) is 7.11. The summed E-state index contributed by atoms with van der Waals surface area (Å²) in [7, 11) is 0. The fraction of sp³-hybridized carbons (Fsp3) is 0.292. The zero-order valence-electron chi connectivity index (χ0n) is 18.2. The molecule has 168 valence electrons. The number of pyridine rings is 1. The lowest BCUT2D eigenvalue weighted by Crippen LogP contribution is -2.20. The average Bonchev–Trinajstić information content (AvgIpc) is 2.75. The van der Waals surface area contributed by atoms with Crippen LogP contribution in [0.3, 0.4) is 0 Å². The molecule has 2 aromatic carbocycles. The first kappa shape index (κ1) is 23.6. The van der Waals surface area contributed by atoms with Gasteiger partial charge in [0, 0.05) is 41.0 Å². The molecule has 4 rings (SSSR count). The number of aryl methyl sites for hydroxylation is 2. The van der Waals surface area contributed by atoms with E-state index in [9.17, 15) is 14.5 Å². The molecular weight excluding hydrogens is 431 g/mol. The van der Waals surface area contributed by atoms with Gasteiger partial charge in [0.15, 0.2) is 0 Å². The van der Waals surface area contributed by atoms with Crippen molar-refractivity contribution < 1.29 is 9.31 Å². The molecule has 0 saturated carbocycles. The van der Waals surface area contributed by atoms with Gasteiger partial charge in [0.05, 0.1) is 16.5 Å². The molecule has 1 aromatic heterocycles. The molecule has 2 heterocycles. The van der Waals surface area contributed by atoms with Gasteiger partial charge in [0.2, 0.25) is 0 Å². The zero-order valence-corrected chi connectivity index (χ0v) is 19.1. The summed E-state index contributed by atoms with van der Waals surface area (Å²) in [6, 6.07) is 10.2. The van der Waals surface area contributed by atoms with Crippen LogP contribution in [-0.4, -0.2) is 23.0 Å². The topological polar surface area (TPSA) is 80.1 Å². The highest BCUT2D eigenvalue weighted by molar-refractivity contribution is 5.94. The summed E-state index contributed by atoms with van der Waals surface area (Å²) >= 11 is 0. The Labute approximate surface area is 192 Å². The Morgan fingerprint density at radius 3 is 2.69 bits per heavy atom. The second-order valence-corrected chi connectivity index (χ2v) is 8.02. The molecule has 0 bridgehead atoms. The van der Waals surface area contributed by atoms with Crippen molar-refractivity contribution in [3.05, 3.63) is 80.8 Å². The maximum atomic E-state index is 14.8. The molecular formula is C24H26ClFN4O2. The van der Waals surface area contributed by atoms with Crippen LogP contribution in [0, 0.1) is 29.8 Å². The van der Waals surface area contributed by atoms with Crippen LogP contribution in [0.15, 0.2) is 42.5 Å². The highest BCUT2D eigenvalue weighted by Crippen LogP contribution is 2.33. The number of hydrogen-bond donors (Lipinski definition) is 2. The molecule has 0 aliphatic carbocycles. The van der Waals surface area contributed by atoms with Gasteiger partial charge in [-0.05, 0) is 68.6 Å². The number of benzene rings is 2. The summed E-state index contributed by atoms with van der Waals surface area (Å²) in [5.74, 6) is -0.429. The lowest BCUT2D eigenvalue weighted by atomic mass is 9.97. The van der Waals surface area contributed by atoms with E-state index >= 15 is 0 Å². The van der Waals surface area contributed by atoms with Crippen molar-refractivity contribution in [3.8, 4) is 0 Å². The van der Waals surface area contributed by atoms with Gasteiger partial charge in [-0.3, -0.25) is 15.1 Å². The predicted molar refractivity (Wildman–Crippen MR) is 129 cm³/mol. The molecule has 3 aromatic rings. The van der Waals surface area contributed by atoms with E-state index in [0.717, 1.165) is 47.4 Å². The molecule has 1 aliphatic heterocycles. The lowest BCUT2D eigenvalue weighted by molar-refractivity contribution is -0.385. The summed E-state index contributed by atoms with van der Waals surface area (Å²) in [4.78, 5) is 15.4. The number of hydrogen-bond acceptors (Lipinski definition) is 5. The SMILES string of the molecule is Cc1cc(NC(C)c2cc([N+](=O)[O-])cc(C)c2F)c2cc(C3=CCNCC3)ccc2n1.Cl. The summed E-state index contributed by atoms with van der Waals surface area (Å²) in [5, 5.41) is 18.9. The van der Waals surface area contributed by atoms with Gasteiger partial charge in [0.1, 0.15) is 5.82 Å². The summed E-state index contributed by atoms with van der Waals surface area (Å²) in [5.41, 5.74) is 5.37. The number of nitro benzene ring substituents is 1. The molecule has 2 N–H and O–H groups in total. The van der Waals surface area contributed by atoms with E-state index in [1.807, 2.05) is 26.0 Å². The Balaban J connectivity index is 0.00000289. The van der Waals surface area contributed by atoms with E-state index in [-0.39, 0.29) is 29.2 Å². The largest absolute Gasteiger partial charge is 0.378 e. The number of nitrogens with one attached hydrogen (secondary N) is 2. The van der Waals surface area contributed by atoms with Crippen LogP contribution in [-0.2, 0) is 0 Å². The molecule has 0 radical (unpaired) electrons. The molecule has 0 saturated heterocycles. The quantitative estimate of drug-likeness (QED) is 0.370. The minimum absolute atomic E-state index is 0. The van der Waals surface area contributed by atoms with Crippen molar-refractivity contribution in [2.45, 2.75) is 33.2 Å². The number of nitrogens with zero attached hydrogens (tertiary/aromatic N) is 2. The molecule has 1 unspecified atom stereocenters. The molecule has 1 aliphatic rings. The monoisotopic (exact) mass is 456 g/mol. The van der Waals surface area contributed by atoms with Crippen molar-refractivity contribution >= 4 is 40.3 Å². The van der Waals surface area contributed by atoms with E-state index in [1.165, 1.54) is 17.7 Å². The van der Waals surface area contributed by atoms with E-state index in [0.29, 0.717) is 0 Å². The second kappa shape index (κ2) is 9.63. The van der Waals surface area contributed by atoms with Crippen LogP contribution in [0.1, 0.15) is 41.8 Å². The van der Waals surface area contributed by atoms with Crippen molar-refractivity contribution in [1.82, 2.24) is 10.3 Å². The first-order chi connectivity index (χ1) is 14.8. The van der Waals surface area contributed by atoms with Gasteiger partial charge < -0.3 is 10.6 Å². The third-order valence-corrected chi connectivity index (χ3v) is 5.69. The fourth-order valence-electron chi connectivity index (χ4n) is 4.07. The van der Waals surface area contributed by atoms with Crippen molar-refractivity contribution in [2.75, 3.05) is 18.4 Å². The number of rotatable bonds is 5. The van der Waals surface area contributed by atoms with Gasteiger partial charge >= 0.3 is 0 Å². The first-order valence-corrected chi connectivity index (χ1v) is 10.4. The molecule has 0 fully saturated rings. The van der Waals surface area contributed by atoms with E-state index < -0.39 is 16.8 Å². The third kappa shape index (κ3) is 4.74. The molecule has 1 atom stereocenters. The first-order valence-electron chi connectivity index (χ1n) is 10.4. The van der Waals surface area contributed by atoms with Crippen molar-refractivity contribution in [3.63, 3.8) is 0 Å². The minimum atomic E-state index is -0.492. The molecule has 0 amide bonds. The smallest absolute Gasteiger partial charge is 0.270 e. The molecule has 8 heteroatoms. The van der Waals surface area contributed by atoms with Crippen LogP contribution in [0.5, 0.6) is 0 Å². The Morgan fingerprint density at radius 2 is 2.00 bits per heavy atom. The number of nitro groups is 1. The summed E-state index contributed by atoms with van der Waals surface area (Å²) < 4.78 is 14.8. The maximum absolute atomic E-state index is 14.8. The van der Waals surface area contributed by atoms with Crippen LogP contribution < -0.4 is 10.6 Å². The molecule has 6 nitrogen and oxygen atoms in total. The maximum Gasteiger partial charge on any atom is 0.270 e.